The van der Waals surface area contributed by atoms with Gasteiger partial charge in [-0.05, 0) is 12.0 Å². The van der Waals surface area contributed by atoms with Gasteiger partial charge < -0.3 is 10.8 Å². The van der Waals surface area contributed by atoms with Gasteiger partial charge in [0.15, 0.2) is 0 Å². The Morgan fingerprint density at radius 3 is 2.48 bits per heavy atom. The van der Waals surface area contributed by atoms with Crippen molar-refractivity contribution in [2.24, 2.45) is 0 Å². The molecule has 21 heavy (non-hydrogen) atoms. The Morgan fingerprint density at radius 2 is 1.86 bits per heavy atom. The molecule has 6 nitrogen and oxygen atoms in total. The normalized spacial score (nSPS) is 12.3. The minimum absolute atomic E-state index is 0.0246. The summed E-state index contributed by atoms with van der Waals surface area (Å²) < 4.78 is 2.35. The van der Waals surface area contributed by atoms with E-state index in [9.17, 15) is 14.7 Å². The van der Waals surface area contributed by atoms with Crippen LogP contribution in [-0.4, -0.2) is 20.3 Å². The molecule has 1 aromatic carbocycles. The molecule has 0 bridgehead atoms. The zero-order valence-corrected chi connectivity index (χ0v) is 11.9. The minimum Gasteiger partial charge on any atom is -0.391 e. The van der Waals surface area contributed by atoms with Gasteiger partial charge in [-0.2, -0.15) is 0 Å². The molecule has 1 unspecified atom stereocenters. The largest absolute Gasteiger partial charge is 0.391 e. The highest BCUT2D eigenvalue weighted by molar-refractivity contribution is 5.28. The molecule has 1 atom stereocenters. The third-order valence-electron chi connectivity index (χ3n) is 3.36. The van der Waals surface area contributed by atoms with Crippen molar-refractivity contribution in [2.45, 2.75) is 32.5 Å². The average molecular weight is 289 g/mol. The number of nitrogens with two attached hydrogens (primary N) is 1. The molecule has 0 saturated heterocycles. The van der Waals surface area contributed by atoms with Crippen molar-refractivity contribution in [3.8, 4) is 0 Å². The zero-order valence-electron chi connectivity index (χ0n) is 11.9. The Morgan fingerprint density at radius 1 is 1.19 bits per heavy atom. The van der Waals surface area contributed by atoms with Crippen LogP contribution in [0.3, 0.4) is 0 Å². The number of nitrogen functional groups attached to an aromatic ring is 1. The molecule has 6 heteroatoms. The Hall–Kier alpha value is -2.34. The number of benzene rings is 1. The quantitative estimate of drug-likeness (QED) is 0.834. The highest BCUT2D eigenvalue weighted by Crippen LogP contribution is 2.04. The summed E-state index contributed by atoms with van der Waals surface area (Å²) in [5.41, 5.74) is 5.70. The molecule has 0 aliphatic rings. The van der Waals surface area contributed by atoms with Gasteiger partial charge in [0.1, 0.15) is 5.82 Å². The van der Waals surface area contributed by atoms with Crippen molar-refractivity contribution < 1.29 is 5.11 Å². The number of hydrogen-bond acceptors (Lipinski definition) is 4. The first-order valence-corrected chi connectivity index (χ1v) is 6.85. The van der Waals surface area contributed by atoms with Crippen LogP contribution in [0.15, 0.2) is 46.0 Å². The van der Waals surface area contributed by atoms with Crippen LogP contribution >= 0.6 is 0 Å². The first-order valence-electron chi connectivity index (χ1n) is 6.85. The Kier molecular flexibility index (Phi) is 4.59. The lowest BCUT2D eigenvalue weighted by Gasteiger charge is -2.14. The van der Waals surface area contributed by atoms with Crippen LogP contribution in [0.25, 0.3) is 0 Å². The molecule has 0 aliphatic heterocycles. The summed E-state index contributed by atoms with van der Waals surface area (Å²) in [5.74, 6) is 0.121. The molecule has 112 valence electrons. The number of aliphatic hydroxyl groups is 1. The lowest BCUT2D eigenvalue weighted by Crippen LogP contribution is -2.42. The monoisotopic (exact) mass is 289 g/mol. The van der Waals surface area contributed by atoms with Crippen LogP contribution in [0.2, 0.25) is 0 Å². The van der Waals surface area contributed by atoms with Crippen LogP contribution in [0.4, 0.5) is 5.82 Å². The van der Waals surface area contributed by atoms with Gasteiger partial charge in [0.25, 0.3) is 5.56 Å². The standard InChI is InChI=1S/C15H19N3O3/c1-2-12(19)10-18-14(20)8-13(16)17(15(18)21)9-11-6-4-3-5-7-11/h3-8,12,19H,2,9-10,16H2,1H3. The number of rotatable bonds is 5. The lowest BCUT2D eigenvalue weighted by molar-refractivity contribution is 0.146. The van der Waals surface area contributed by atoms with Gasteiger partial charge in [0.05, 0.1) is 19.2 Å². The Bertz CT molecular complexity index is 719. The van der Waals surface area contributed by atoms with E-state index in [1.807, 2.05) is 30.3 Å². The van der Waals surface area contributed by atoms with Gasteiger partial charge in [0.2, 0.25) is 0 Å². The van der Waals surface area contributed by atoms with Gasteiger partial charge >= 0.3 is 5.69 Å². The van der Waals surface area contributed by atoms with E-state index in [4.69, 9.17) is 5.73 Å². The third-order valence-corrected chi connectivity index (χ3v) is 3.36. The molecule has 0 saturated carbocycles. The molecule has 1 heterocycles. The minimum atomic E-state index is -0.732. The second kappa shape index (κ2) is 6.41. The molecule has 0 amide bonds. The zero-order chi connectivity index (χ0) is 15.4. The van der Waals surface area contributed by atoms with E-state index in [2.05, 4.69) is 0 Å². The van der Waals surface area contributed by atoms with E-state index in [0.29, 0.717) is 6.42 Å². The van der Waals surface area contributed by atoms with Crippen molar-refractivity contribution in [2.75, 3.05) is 5.73 Å². The van der Waals surface area contributed by atoms with Crippen molar-refractivity contribution >= 4 is 5.82 Å². The van der Waals surface area contributed by atoms with Gasteiger partial charge in [-0.15, -0.1) is 0 Å². The van der Waals surface area contributed by atoms with E-state index in [-0.39, 0.29) is 18.9 Å². The summed E-state index contributed by atoms with van der Waals surface area (Å²) >= 11 is 0. The predicted octanol–water partition coefficient (Wildman–Crippen LogP) is 0.411. The maximum Gasteiger partial charge on any atom is 0.332 e. The van der Waals surface area contributed by atoms with Gasteiger partial charge in [-0.1, -0.05) is 37.3 Å². The fourth-order valence-corrected chi connectivity index (χ4v) is 2.07. The second-order valence-corrected chi connectivity index (χ2v) is 4.93. The van der Waals surface area contributed by atoms with E-state index in [1.54, 1.807) is 6.92 Å². The molecule has 0 aliphatic carbocycles. The predicted molar refractivity (Wildman–Crippen MR) is 81.2 cm³/mol. The summed E-state index contributed by atoms with van der Waals surface area (Å²) in [5, 5.41) is 9.67. The van der Waals surface area contributed by atoms with E-state index < -0.39 is 17.4 Å². The van der Waals surface area contributed by atoms with Crippen LogP contribution < -0.4 is 17.0 Å². The first kappa shape index (κ1) is 15.1. The molecular weight excluding hydrogens is 270 g/mol. The average Bonchev–Trinajstić information content (AvgIpc) is 2.48. The summed E-state index contributed by atoms with van der Waals surface area (Å²) in [6.45, 7) is 2.05. The highest BCUT2D eigenvalue weighted by atomic mass is 16.3. The Labute approximate surface area is 122 Å². The highest BCUT2D eigenvalue weighted by Gasteiger charge is 2.12. The molecule has 3 N–H and O–H groups in total. The molecule has 0 spiro atoms. The molecule has 0 radical (unpaired) electrons. The molecule has 2 rings (SSSR count). The van der Waals surface area contributed by atoms with E-state index in [1.165, 1.54) is 10.6 Å². The van der Waals surface area contributed by atoms with Crippen LogP contribution in [0.5, 0.6) is 0 Å². The maximum atomic E-state index is 12.4. The van der Waals surface area contributed by atoms with Crippen LogP contribution in [0, 0.1) is 0 Å². The van der Waals surface area contributed by atoms with Gasteiger partial charge in [-0.3, -0.25) is 13.9 Å². The van der Waals surface area contributed by atoms with Gasteiger partial charge in [-0.25, -0.2) is 4.79 Å². The summed E-state index contributed by atoms with van der Waals surface area (Å²) in [7, 11) is 0. The van der Waals surface area contributed by atoms with Crippen LogP contribution in [0.1, 0.15) is 18.9 Å². The number of anilines is 1. The van der Waals surface area contributed by atoms with E-state index in [0.717, 1.165) is 10.1 Å². The number of nitrogens with zero attached hydrogens (tertiary/aromatic N) is 2. The maximum absolute atomic E-state index is 12.4. The molecule has 1 aromatic heterocycles. The lowest BCUT2D eigenvalue weighted by atomic mass is 10.2. The molecule has 0 fully saturated rings. The van der Waals surface area contributed by atoms with Crippen molar-refractivity contribution in [3.63, 3.8) is 0 Å². The van der Waals surface area contributed by atoms with Gasteiger partial charge in [0, 0.05) is 6.07 Å². The first-order chi connectivity index (χ1) is 10.0. The number of aliphatic hydroxyl groups excluding tert-OH is 1. The fourth-order valence-electron chi connectivity index (χ4n) is 2.07. The molecular formula is C15H19N3O3. The Balaban J connectivity index is 2.44. The van der Waals surface area contributed by atoms with Crippen molar-refractivity contribution in [1.82, 2.24) is 9.13 Å². The SMILES string of the molecule is CCC(O)Cn1c(=O)cc(N)n(Cc2ccccc2)c1=O. The van der Waals surface area contributed by atoms with Crippen molar-refractivity contribution in [3.05, 3.63) is 62.8 Å². The van der Waals surface area contributed by atoms with Crippen molar-refractivity contribution in [1.29, 1.82) is 0 Å². The smallest absolute Gasteiger partial charge is 0.332 e. The second-order valence-electron chi connectivity index (χ2n) is 4.93. The summed E-state index contributed by atoms with van der Waals surface area (Å²) in [6, 6.07) is 10.6. The summed E-state index contributed by atoms with van der Waals surface area (Å²) in [4.78, 5) is 24.3. The fraction of sp³-hybridized carbons (Fsp3) is 0.333. The van der Waals surface area contributed by atoms with E-state index >= 15 is 0 Å². The summed E-state index contributed by atoms with van der Waals surface area (Å²) in [6.07, 6.45) is -0.265. The topological polar surface area (TPSA) is 90.2 Å². The molecule has 2 aromatic rings. The third kappa shape index (κ3) is 3.41. The number of hydrogen-bond donors (Lipinski definition) is 2. The van der Waals surface area contributed by atoms with Crippen LogP contribution in [-0.2, 0) is 13.1 Å². The number of aromatic nitrogens is 2.